The van der Waals surface area contributed by atoms with Crippen LogP contribution in [0.25, 0.3) is 0 Å². The zero-order valence-electron chi connectivity index (χ0n) is 11.8. The smallest absolute Gasteiger partial charge is 0.228 e. The van der Waals surface area contributed by atoms with Crippen LogP contribution in [0.3, 0.4) is 0 Å². The number of guanidine groups is 1. The molecule has 8 nitrogen and oxygen atoms in total. The molecule has 8 heteroatoms. The minimum absolute atomic E-state index is 0.615. The van der Waals surface area contributed by atoms with Crippen molar-refractivity contribution in [1.29, 1.82) is 0 Å². The molecule has 0 atom stereocenters. The van der Waals surface area contributed by atoms with E-state index in [9.17, 15) is 0 Å². The maximum absolute atomic E-state index is 5.05. The van der Waals surface area contributed by atoms with Gasteiger partial charge in [0, 0.05) is 33.1 Å². The van der Waals surface area contributed by atoms with Crippen LogP contribution in [0.1, 0.15) is 17.4 Å². The van der Waals surface area contributed by atoms with Gasteiger partial charge in [-0.15, -0.1) is 0 Å². The molecule has 0 fully saturated rings. The number of rotatable bonds is 5. The lowest BCUT2D eigenvalue weighted by Crippen LogP contribution is -2.39. The highest BCUT2D eigenvalue weighted by Crippen LogP contribution is 2.00. The summed E-state index contributed by atoms with van der Waals surface area (Å²) in [5, 5.41) is 10.8. The molecule has 0 radical (unpaired) electrons. The Morgan fingerprint density at radius 1 is 1.45 bits per heavy atom. The number of aromatic nitrogens is 3. The molecule has 0 unspecified atom stereocenters. The quantitative estimate of drug-likeness (QED) is 0.633. The summed E-state index contributed by atoms with van der Waals surface area (Å²) in [4.78, 5) is 10.3. The molecular weight excluding hydrogens is 260 g/mol. The average Bonchev–Trinajstić information content (AvgIpc) is 3.06. The first-order chi connectivity index (χ1) is 9.69. The van der Waals surface area contributed by atoms with Crippen LogP contribution in [-0.2, 0) is 13.0 Å². The van der Waals surface area contributed by atoms with Crippen molar-refractivity contribution >= 4 is 5.96 Å². The van der Waals surface area contributed by atoms with Crippen LogP contribution in [0.5, 0.6) is 0 Å². The summed E-state index contributed by atoms with van der Waals surface area (Å²) in [5.74, 6) is 2.03. The zero-order valence-corrected chi connectivity index (χ0v) is 11.8. The van der Waals surface area contributed by atoms with Gasteiger partial charge in [-0.05, 0) is 6.92 Å². The molecule has 20 heavy (non-hydrogen) atoms. The Kier molecular flexibility index (Phi) is 4.70. The van der Waals surface area contributed by atoms with Crippen molar-refractivity contribution in [2.75, 3.05) is 20.6 Å². The van der Waals surface area contributed by atoms with Gasteiger partial charge < -0.3 is 19.3 Å². The molecule has 2 aromatic rings. The van der Waals surface area contributed by atoms with E-state index in [0.29, 0.717) is 31.2 Å². The number of aliphatic imine (C=N–C) groups is 1. The van der Waals surface area contributed by atoms with Gasteiger partial charge in [0.05, 0.1) is 6.54 Å². The molecule has 2 heterocycles. The largest absolute Gasteiger partial charge is 0.364 e. The predicted molar refractivity (Wildman–Crippen MR) is 72.1 cm³/mol. The topological polar surface area (TPSA) is 92.6 Å². The van der Waals surface area contributed by atoms with Gasteiger partial charge in [-0.1, -0.05) is 10.3 Å². The Morgan fingerprint density at radius 2 is 2.30 bits per heavy atom. The molecule has 0 saturated carbocycles. The third-order valence-corrected chi connectivity index (χ3v) is 2.66. The SMILES string of the molecule is CN=C(NCCc1nc(C)no1)N(C)Cc1ccon1. The first-order valence-electron chi connectivity index (χ1n) is 6.29. The van der Waals surface area contributed by atoms with Gasteiger partial charge in [0.2, 0.25) is 5.89 Å². The molecule has 0 aliphatic carbocycles. The standard InChI is InChI=1S/C12H18N6O2/c1-9-15-11(20-16-9)4-6-14-12(13-2)18(3)8-10-5-7-19-17-10/h5,7H,4,6,8H2,1-3H3,(H,13,14). The molecular formula is C12H18N6O2. The maximum atomic E-state index is 5.05. The van der Waals surface area contributed by atoms with Crippen molar-refractivity contribution in [2.45, 2.75) is 19.9 Å². The maximum Gasteiger partial charge on any atom is 0.228 e. The van der Waals surface area contributed by atoms with Crippen LogP contribution >= 0.6 is 0 Å². The normalized spacial score (nSPS) is 11.7. The van der Waals surface area contributed by atoms with Crippen molar-refractivity contribution in [2.24, 2.45) is 4.99 Å². The second-order valence-electron chi connectivity index (χ2n) is 4.31. The molecule has 2 aromatic heterocycles. The molecule has 0 saturated heterocycles. The van der Waals surface area contributed by atoms with E-state index < -0.39 is 0 Å². The Labute approximate surface area is 116 Å². The van der Waals surface area contributed by atoms with Gasteiger partial charge in [0.15, 0.2) is 11.8 Å². The molecule has 0 amide bonds. The second-order valence-corrected chi connectivity index (χ2v) is 4.31. The molecule has 2 rings (SSSR count). The molecule has 0 aliphatic heterocycles. The van der Waals surface area contributed by atoms with E-state index in [0.717, 1.165) is 11.7 Å². The fourth-order valence-electron chi connectivity index (χ4n) is 1.74. The number of nitrogens with zero attached hydrogens (tertiary/aromatic N) is 5. The van der Waals surface area contributed by atoms with Crippen LogP contribution in [0, 0.1) is 6.92 Å². The first-order valence-corrected chi connectivity index (χ1v) is 6.29. The van der Waals surface area contributed by atoms with Gasteiger partial charge in [-0.25, -0.2) is 0 Å². The summed E-state index contributed by atoms with van der Waals surface area (Å²) in [6.07, 6.45) is 2.20. The van der Waals surface area contributed by atoms with Crippen LogP contribution in [-0.4, -0.2) is 46.8 Å². The molecule has 108 valence electrons. The monoisotopic (exact) mass is 278 g/mol. The van der Waals surface area contributed by atoms with E-state index in [-0.39, 0.29) is 0 Å². The highest BCUT2D eigenvalue weighted by molar-refractivity contribution is 5.79. The van der Waals surface area contributed by atoms with E-state index in [4.69, 9.17) is 9.05 Å². The van der Waals surface area contributed by atoms with Gasteiger partial charge in [0.1, 0.15) is 12.0 Å². The van der Waals surface area contributed by atoms with Gasteiger partial charge in [-0.2, -0.15) is 4.98 Å². The van der Waals surface area contributed by atoms with E-state index in [1.54, 1.807) is 20.2 Å². The van der Waals surface area contributed by atoms with Crippen molar-refractivity contribution in [1.82, 2.24) is 25.5 Å². The molecule has 0 aliphatic rings. The van der Waals surface area contributed by atoms with Crippen LogP contribution < -0.4 is 5.32 Å². The summed E-state index contributed by atoms with van der Waals surface area (Å²) in [5.41, 5.74) is 0.850. The average molecular weight is 278 g/mol. The van der Waals surface area contributed by atoms with Gasteiger partial charge in [-0.3, -0.25) is 4.99 Å². The van der Waals surface area contributed by atoms with Crippen molar-refractivity contribution < 1.29 is 9.05 Å². The molecule has 1 N–H and O–H groups in total. The zero-order chi connectivity index (χ0) is 14.4. The molecule has 0 bridgehead atoms. The lowest BCUT2D eigenvalue weighted by molar-refractivity contribution is 0.372. The Bertz CT molecular complexity index is 548. The summed E-state index contributed by atoms with van der Waals surface area (Å²) in [6.45, 7) is 3.08. The van der Waals surface area contributed by atoms with Crippen LogP contribution in [0.2, 0.25) is 0 Å². The van der Waals surface area contributed by atoms with Crippen molar-refractivity contribution in [3.05, 3.63) is 29.7 Å². The third kappa shape index (κ3) is 3.81. The predicted octanol–water partition coefficient (Wildman–Crippen LogP) is 0.616. The highest BCUT2D eigenvalue weighted by atomic mass is 16.5. The summed E-state index contributed by atoms with van der Waals surface area (Å²) < 4.78 is 9.85. The fourth-order valence-corrected chi connectivity index (χ4v) is 1.74. The van der Waals surface area contributed by atoms with Crippen molar-refractivity contribution in [3.63, 3.8) is 0 Å². The number of hydrogen-bond donors (Lipinski definition) is 1. The Hall–Kier alpha value is -2.38. The van der Waals surface area contributed by atoms with E-state index in [1.807, 2.05) is 18.0 Å². The fraction of sp³-hybridized carbons (Fsp3) is 0.500. The minimum atomic E-state index is 0.615. The Balaban J connectivity index is 1.80. The number of aryl methyl sites for hydroxylation is 1. The molecule has 0 aromatic carbocycles. The van der Waals surface area contributed by atoms with Gasteiger partial charge in [0.25, 0.3) is 0 Å². The summed E-state index contributed by atoms with van der Waals surface area (Å²) in [7, 11) is 3.67. The van der Waals surface area contributed by atoms with E-state index >= 15 is 0 Å². The van der Waals surface area contributed by atoms with Crippen LogP contribution in [0.15, 0.2) is 26.4 Å². The summed E-state index contributed by atoms with van der Waals surface area (Å²) >= 11 is 0. The van der Waals surface area contributed by atoms with E-state index in [2.05, 4.69) is 25.6 Å². The highest BCUT2D eigenvalue weighted by Gasteiger charge is 2.09. The lowest BCUT2D eigenvalue weighted by Gasteiger charge is -2.20. The second kappa shape index (κ2) is 6.69. The molecule has 0 spiro atoms. The van der Waals surface area contributed by atoms with Crippen molar-refractivity contribution in [3.8, 4) is 0 Å². The number of nitrogens with one attached hydrogen (secondary N) is 1. The lowest BCUT2D eigenvalue weighted by atomic mass is 10.4. The summed E-state index contributed by atoms with van der Waals surface area (Å²) in [6, 6.07) is 1.82. The number of hydrogen-bond acceptors (Lipinski definition) is 6. The van der Waals surface area contributed by atoms with E-state index in [1.165, 1.54) is 0 Å². The first kappa shape index (κ1) is 14.0. The van der Waals surface area contributed by atoms with Crippen LogP contribution in [0.4, 0.5) is 0 Å². The van der Waals surface area contributed by atoms with Gasteiger partial charge >= 0.3 is 0 Å². The Morgan fingerprint density at radius 3 is 2.90 bits per heavy atom. The minimum Gasteiger partial charge on any atom is -0.364 e. The third-order valence-electron chi connectivity index (χ3n) is 2.66.